The van der Waals surface area contributed by atoms with Gasteiger partial charge < -0.3 is 4.52 Å². The molecule has 0 aliphatic rings. The summed E-state index contributed by atoms with van der Waals surface area (Å²) in [5.74, 6) is 0.415. The van der Waals surface area contributed by atoms with Crippen LogP contribution in [0.5, 0.6) is 0 Å². The lowest BCUT2D eigenvalue weighted by molar-refractivity contribution is 0.430. The van der Waals surface area contributed by atoms with Gasteiger partial charge in [0.25, 0.3) is 0 Å². The van der Waals surface area contributed by atoms with Gasteiger partial charge in [0, 0.05) is 10.6 Å². The first-order valence-corrected chi connectivity index (χ1v) is 5.69. The summed E-state index contributed by atoms with van der Waals surface area (Å²) in [4.78, 5) is 0. The molecule has 6 heteroatoms. The van der Waals surface area contributed by atoms with Crippen LogP contribution in [0.3, 0.4) is 0 Å². The predicted octanol–water partition coefficient (Wildman–Crippen LogP) is 4.28. The molecule has 2 rings (SSSR count). The molecule has 1 aromatic carbocycles. The van der Waals surface area contributed by atoms with E-state index in [2.05, 4.69) is 21.1 Å². The third-order valence-electron chi connectivity index (χ3n) is 1.92. The van der Waals surface area contributed by atoms with Gasteiger partial charge in [-0.2, -0.15) is 5.26 Å². The highest BCUT2D eigenvalue weighted by atomic mass is 79.9. The lowest BCUT2D eigenvalue weighted by Gasteiger charge is -2.00. The fourth-order valence-electron chi connectivity index (χ4n) is 1.19. The molecule has 2 aromatic rings. The Kier molecular flexibility index (Phi) is 3.20. The summed E-state index contributed by atoms with van der Waals surface area (Å²) in [6.07, 6.45) is 0. The van der Waals surface area contributed by atoms with Crippen LogP contribution in [0.2, 0.25) is 10.0 Å². The summed E-state index contributed by atoms with van der Waals surface area (Å²) < 4.78 is 5.53. The second-order valence-electron chi connectivity index (χ2n) is 2.91. The van der Waals surface area contributed by atoms with Crippen molar-refractivity contribution < 1.29 is 4.52 Å². The normalized spacial score (nSPS) is 10.1. The van der Waals surface area contributed by atoms with E-state index in [1.807, 2.05) is 6.07 Å². The molecule has 0 bridgehead atoms. The Bertz CT molecular complexity index is 589. The molecule has 0 spiro atoms. The Balaban J connectivity index is 2.60. The van der Waals surface area contributed by atoms with E-state index in [9.17, 15) is 0 Å². The lowest BCUT2D eigenvalue weighted by atomic mass is 10.1. The van der Waals surface area contributed by atoms with Gasteiger partial charge in [-0.3, -0.25) is 0 Å². The first-order chi connectivity index (χ1) is 7.63. The number of benzene rings is 1. The van der Waals surface area contributed by atoms with Crippen LogP contribution in [0.4, 0.5) is 0 Å². The summed E-state index contributed by atoms with van der Waals surface area (Å²) in [5.41, 5.74) is 0.813. The third-order valence-corrected chi connectivity index (χ3v) is 3.20. The number of halogens is 3. The van der Waals surface area contributed by atoms with Gasteiger partial charge in [0.1, 0.15) is 10.5 Å². The average molecular weight is 318 g/mol. The SMILES string of the molecule is N#Cc1noc(-c2ccc(Cl)cc2Cl)c1Br. The van der Waals surface area contributed by atoms with Crippen molar-refractivity contribution in [3.63, 3.8) is 0 Å². The van der Waals surface area contributed by atoms with Crippen LogP contribution >= 0.6 is 39.1 Å². The van der Waals surface area contributed by atoms with Crippen LogP contribution in [0.15, 0.2) is 27.2 Å². The molecule has 0 aliphatic heterocycles. The summed E-state index contributed by atoms with van der Waals surface area (Å²) >= 11 is 15.0. The maximum Gasteiger partial charge on any atom is 0.198 e. The molecular formula is C10H3BrCl2N2O. The fourth-order valence-corrected chi connectivity index (χ4v) is 2.13. The molecule has 0 radical (unpaired) electrons. The molecule has 0 saturated carbocycles. The molecule has 0 N–H and O–H groups in total. The van der Waals surface area contributed by atoms with Crippen molar-refractivity contribution in [3.8, 4) is 17.4 Å². The van der Waals surface area contributed by atoms with E-state index in [-0.39, 0.29) is 5.69 Å². The minimum atomic E-state index is 0.181. The first kappa shape index (κ1) is 11.5. The molecule has 1 heterocycles. The van der Waals surface area contributed by atoms with Crippen molar-refractivity contribution in [2.24, 2.45) is 0 Å². The van der Waals surface area contributed by atoms with Crippen molar-refractivity contribution in [3.05, 3.63) is 38.4 Å². The van der Waals surface area contributed by atoms with E-state index in [1.165, 1.54) is 0 Å². The van der Waals surface area contributed by atoms with Gasteiger partial charge in [-0.05, 0) is 34.1 Å². The maximum absolute atomic E-state index is 8.74. The monoisotopic (exact) mass is 316 g/mol. The highest BCUT2D eigenvalue weighted by molar-refractivity contribution is 9.10. The Morgan fingerprint density at radius 2 is 2.12 bits per heavy atom. The standard InChI is InChI=1S/C10H3BrCl2N2O/c11-9-8(4-14)15-16-10(9)6-2-1-5(12)3-7(6)13/h1-3H. The lowest BCUT2D eigenvalue weighted by Crippen LogP contribution is -1.78. The van der Waals surface area contributed by atoms with Gasteiger partial charge in [0.05, 0.1) is 5.02 Å². The fraction of sp³-hybridized carbons (Fsp3) is 0. The summed E-state index contributed by atoms with van der Waals surface area (Å²) in [6, 6.07) is 6.88. The smallest absolute Gasteiger partial charge is 0.198 e. The predicted molar refractivity (Wildman–Crippen MR) is 64.4 cm³/mol. The van der Waals surface area contributed by atoms with Gasteiger partial charge in [-0.1, -0.05) is 28.4 Å². The van der Waals surface area contributed by atoms with Crippen molar-refractivity contribution in [2.75, 3.05) is 0 Å². The van der Waals surface area contributed by atoms with Crippen LogP contribution in [-0.2, 0) is 0 Å². The molecule has 0 fully saturated rings. The number of nitriles is 1. The topological polar surface area (TPSA) is 49.8 Å². The minimum Gasteiger partial charge on any atom is -0.354 e. The molecule has 80 valence electrons. The number of hydrogen-bond donors (Lipinski definition) is 0. The van der Waals surface area contributed by atoms with E-state index in [0.29, 0.717) is 25.8 Å². The van der Waals surface area contributed by atoms with Crippen LogP contribution < -0.4 is 0 Å². The zero-order valence-corrected chi connectivity index (χ0v) is 10.8. The summed E-state index contributed by atoms with van der Waals surface area (Å²) in [5, 5.41) is 13.3. The van der Waals surface area contributed by atoms with Gasteiger partial charge in [0.2, 0.25) is 0 Å². The van der Waals surface area contributed by atoms with E-state index >= 15 is 0 Å². The van der Waals surface area contributed by atoms with E-state index in [4.69, 9.17) is 33.0 Å². The Hall–Kier alpha value is -1.02. The van der Waals surface area contributed by atoms with Crippen molar-refractivity contribution >= 4 is 39.1 Å². The Morgan fingerprint density at radius 1 is 1.38 bits per heavy atom. The number of aromatic nitrogens is 1. The van der Waals surface area contributed by atoms with Crippen LogP contribution in [0, 0.1) is 11.3 Å². The molecule has 0 amide bonds. The van der Waals surface area contributed by atoms with E-state index < -0.39 is 0 Å². The minimum absolute atomic E-state index is 0.181. The molecule has 0 atom stereocenters. The number of hydrogen-bond acceptors (Lipinski definition) is 3. The molecular weight excluding hydrogens is 315 g/mol. The van der Waals surface area contributed by atoms with Crippen LogP contribution in [0.25, 0.3) is 11.3 Å². The van der Waals surface area contributed by atoms with Gasteiger partial charge in [0.15, 0.2) is 11.5 Å². The molecule has 3 nitrogen and oxygen atoms in total. The van der Waals surface area contributed by atoms with Gasteiger partial charge in [-0.15, -0.1) is 0 Å². The zero-order valence-electron chi connectivity index (χ0n) is 7.67. The average Bonchev–Trinajstić information content (AvgIpc) is 2.60. The number of nitrogens with zero attached hydrogens (tertiary/aromatic N) is 2. The summed E-state index contributed by atoms with van der Waals surface area (Å²) in [6.45, 7) is 0. The van der Waals surface area contributed by atoms with Gasteiger partial charge >= 0.3 is 0 Å². The van der Waals surface area contributed by atoms with Crippen molar-refractivity contribution in [1.82, 2.24) is 5.16 Å². The highest BCUT2D eigenvalue weighted by Crippen LogP contribution is 2.36. The second kappa shape index (κ2) is 4.46. The third kappa shape index (κ3) is 1.94. The van der Waals surface area contributed by atoms with E-state index in [0.717, 1.165) is 0 Å². The molecule has 16 heavy (non-hydrogen) atoms. The van der Waals surface area contributed by atoms with Crippen LogP contribution in [0.1, 0.15) is 5.69 Å². The molecule has 0 aliphatic carbocycles. The second-order valence-corrected chi connectivity index (χ2v) is 4.55. The van der Waals surface area contributed by atoms with Gasteiger partial charge in [-0.25, -0.2) is 0 Å². The van der Waals surface area contributed by atoms with Crippen molar-refractivity contribution in [1.29, 1.82) is 5.26 Å². The molecule has 0 saturated heterocycles. The number of rotatable bonds is 1. The highest BCUT2D eigenvalue weighted by Gasteiger charge is 2.17. The quantitative estimate of drug-likeness (QED) is 0.788. The summed E-state index contributed by atoms with van der Waals surface area (Å²) in [7, 11) is 0. The van der Waals surface area contributed by atoms with Crippen molar-refractivity contribution in [2.45, 2.75) is 0 Å². The maximum atomic E-state index is 8.74. The zero-order chi connectivity index (χ0) is 11.7. The Morgan fingerprint density at radius 3 is 2.69 bits per heavy atom. The first-order valence-electron chi connectivity index (χ1n) is 4.14. The van der Waals surface area contributed by atoms with E-state index in [1.54, 1.807) is 18.2 Å². The molecule has 1 aromatic heterocycles. The Labute approximate surface area is 110 Å². The van der Waals surface area contributed by atoms with Crippen LogP contribution in [-0.4, -0.2) is 5.16 Å². The molecule has 0 unspecified atom stereocenters. The largest absolute Gasteiger partial charge is 0.354 e.